The molecular weight excluding hydrogens is 262 g/mol. The van der Waals surface area contributed by atoms with E-state index in [9.17, 15) is 8.42 Å². The van der Waals surface area contributed by atoms with E-state index in [1.54, 1.807) is 6.20 Å². The fourth-order valence-corrected chi connectivity index (χ4v) is 2.57. The highest BCUT2D eigenvalue weighted by Crippen LogP contribution is 2.27. The number of para-hydroxylation sites is 1. The predicted molar refractivity (Wildman–Crippen MR) is 79.0 cm³/mol. The van der Waals surface area contributed by atoms with Crippen LogP contribution in [0.4, 0.5) is 11.4 Å². The topological polar surface area (TPSA) is 85.1 Å². The van der Waals surface area contributed by atoms with Crippen LogP contribution in [0, 0.1) is 0 Å². The van der Waals surface area contributed by atoms with Crippen molar-refractivity contribution in [3.63, 3.8) is 0 Å². The molecule has 1 aromatic heterocycles. The van der Waals surface area contributed by atoms with E-state index in [0.717, 1.165) is 16.6 Å². The average molecular weight is 279 g/mol. The van der Waals surface area contributed by atoms with Gasteiger partial charge in [-0.2, -0.15) is 0 Å². The first-order valence-corrected chi connectivity index (χ1v) is 8.08. The van der Waals surface area contributed by atoms with Crippen molar-refractivity contribution in [2.24, 2.45) is 0 Å². The number of anilines is 2. The van der Waals surface area contributed by atoms with Gasteiger partial charge in [0.25, 0.3) is 0 Å². The lowest BCUT2D eigenvalue weighted by Gasteiger charge is -2.11. The molecule has 102 valence electrons. The Labute approximate surface area is 112 Å². The zero-order valence-electron chi connectivity index (χ0n) is 10.8. The van der Waals surface area contributed by atoms with Gasteiger partial charge in [0.05, 0.1) is 28.8 Å². The summed E-state index contributed by atoms with van der Waals surface area (Å²) in [4.78, 5) is 4.25. The lowest BCUT2D eigenvalue weighted by Crippen LogP contribution is -2.11. The number of nitrogen functional groups attached to an aromatic ring is 1. The van der Waals surface area contributed by atoms with Gasteiger partial charge in [-0.15, -0.1) is 0 Å². The minimum Gasteiger partial charge on any atom is -0.396 e. The van der Waals surface area contributed by atoms with Gasteiger partial charge in [0.2, 0.25) is 0 Å². The highest BCUT2D eigenvalue weighted by molar-refractivity contribution is 7.90. The van der Waals surface area contributed by atoms with Crippen LogP contribution in [0.25, 0.3) is 10.9 Å². The van der Waals surface area contributed by atoms with Gasteiger partial charge in [-0.1, -0.05) is 18.2 Å². The number of hydrogen-bond donors (Lipinski definition) is 2. The van der Waals surface area contributed by atoms with E-state index < -0.39 is 9.84 Å². The summed E-state index contributed by atoms with van der Waals surface area (Å²) in [6, 6.07) is 7.69. The van der Waals surface area contributed by atoms with Crippen molar-refractivity contribution in [2.45, 2.75) is 6.42 Å². The summed E-state index contributed by atoms with van der Waals surface area (Å²) in [5, 5.41) is 4.15. The molecule has 1 aromatic carbocycles. The van der Waals surface area contributed by atoms with E-state index in [4.69, 9.17) is 5.73 Å². The molecule has 6 heteroatoms. The summed E-state index contributed by atoms with van der Waals surface area (Å²) < 4.78 is 22.1. The summed E-state index contributed by atoms with van der Waals surface area (Å²) in [5.74, 6) is 0.170. The molecule has 0 unspecified atom stereocenters. The van der Waals surface area contributed by atoms with Crippen molar-refractivity contribution in [3.05, 3.63) is 30.5 Å². The van der Waals surface area contributed by atoms with E-state index in [-0.39, 0.29) is 5.75 Å². The SMILES string of the molecule is CS(=O)(=O)CCCNc1c(N)cnc2ccccc12. The highest BCUT2D eigenvalue weighted by atomic mass is 32.2. The molecule has 0 aliphatic rings. The Morgan fingerprint density at radius 3 is 2.79 bits per heavy atom. The number of nitrogens with zero attached hydrogens (tertiary/aromatic N) is 1. The van der Waals surface area contributed by atoms with Gasteiger partial charge in [-0.05, 0) is 12.5 Å². The molecule has 19 heavy (non-hydrogen) atoms. The van der Waals surface area contributed by atoms with Crippen LogP contribution in [0.2, 0.25) is 0 Å². The normalized spacial score (nSPS) is 11.6. The minimum absolute atomic E-state index is 0.170. The van der Waals surface area contributed by atoms with Crippen molar-refractivity contribution < 1.29 is 8.42 Å². The monoisotopic (exact) mass is 279 g/mol. The van der Waals surface area contributed by atoms with E-state index in [1.807, 2.05) is 24.3 Å². The van der Waals surface area contributed by atoms with Crippen molar-refractivity contribution in [2.75, 3.05) is 29.6 Å². The maximum absolute atomic E-state index is 11.1. The van der Waals surface area contributed by atoms with E-state index in [2.05, 4.69) is 10.3 Å². The fourth-order valence-electron chi connectivity index (χ4n) is 1.90. The molecule has 0 fully saturated rings. The van der Waals surface area contributed by atoms with Crippen molar-refractivity contribution >= 4 is 32.1 Å². The summed E-state index contributed by atoms with van der Waals surface area (Å²) in [7, 11) is -2.91. The molecular formula is C13H17N3O2S. The molecule has 3 N–H and O–H groups in total. The number of sulfone groups is 1. The number of pyridine rings is 1. The number of nitrogens with one attached hydrogen (secondary N) is 1. The first-order valence-electron chi connectivity index (χ1n) is 6.02. The molecule has 0 bridgehead atoms. The Bertz CT molecular complexity index is 683. The summed E-state index contributed by atoms with van der Waals surface area (Å²) in [6.07, 6.45) is 3.40. The summed E-state index contributed by atoms with van der Waals surface area (Å²) in [6.45, 7) is 0.561. The largest absolute Gasteiger partial charge is 0.396 e. The zero-order chi connectivity index (χ0) is 13.9. The van der Waals surface area contributed by atoms with Crippen LogP contribution in [0.3, 0.4) is 0 Å². The average Bonchev–Trinajstić information content (AvgIpc) is 2.35. The molecule has 0 spiro atoms. The molecule has 0 radical (unpaired) electrons. The van der Waals surface area contributed by atoms with Crippen molar-refractivity contribution in [1.29, 1.82) is 0 Å². The smallest absolute Gasteiger partial charge is 0.147 e. The van der Waals surface area contributed by atoms with Gasteiger partial charge in [0.1, 0.15) is 9.84 Å². The van der Waals surface area contributed by atoms with Gasteiger partial charge in [-0.25, -0.2) is 8.42 Å². The number of rotatable bonds is 5. The third-order valence-corrected chi connectivity index (χ3v) is 3.83. The standard InChI is InChI=1S/C13H17N3O2S/c1-19(17,18)8-4-7-15-13-10-5-2-3-6-12(10)16-9-11(13)14/h2-3,5-6,9H,4,7-8,14H2,1H3,(H,15,16). The minimum atomic E-state index is -2.91. The van der Waals surface area contributed by atoms with Crippen LogP contribution in [-0.2, 0) is 9.84 Å². The van der Waals surface area contributed by atoms with Crippen LogP contribution in [0.5, 0.6) is 0 Å². The summed E-state index contributed by atoms with van der Waals surface area (Å²) >= 11 is 0. The molecule has 0 saturated carbocycles. The Kier molecular flexibility index (Phi) is 3.90. The number of fused-ring (bicyclic) bond motifs is 1. The molecule has 0 amide bonds. The molecule has 0 atom stereocenters. The lowest BCUT2D eigenvalue weighted by atomic mass is 10.1. The van der Waals surface area contributed by atoms with Gasteiger partial charge in [0.15, 0.2) is 0 Å². The first-order chi connectivity index (χ1) is 8.97. The van der Waals surface area contributed by atoms with Crippen LogP contribution in [-0.4, -0.2) is 32.0 Å². The third kappa shape index (κ3) is 3.57. The third-order valence-electron chi connectivity index (χ3n) is 2.80. The number of nitrogens with two attached hydrogens (primary N) is 1. The molecule has 2 aromatic rings. The van der Waals surface area contributed by atoms with Gasteiger partial charge in [0, 0.05) is 18.2 Å². The highest BCUT2D eigenvalue weighted by Gasteiger charge is 2.06. The van der Waals surface area contributed by atoms with E-state index >= 15 is 0 Å². The molecule has 0 aliphatic carbocycles. The Morgan fingerprint density at radius 2 is 2.05 bits per heavy atom. The Balaban J connectivity index is 2.14. The second kappa shape index (κ2) is 5.44. The van der Waals surface area contributed by atoms with E-state index in [1.165, 1.54) is 6.26 Å². The molecule has 5 nitrogen and oxygen atoms in total. The maximum Gasteiger partial charge on any atom is 0.147 e. The molecule has 0 saturated heterocycles. The second-order valence-electron chi connectivity index (χ2n) is 4.52. The van der Waals surface area contributed by atoms with Crippen molar-refractivity contribution in [3.8, 4) is 0 Å². The molecule has 0 aliphatic heterocycles. The first kappa shape index (κ1) is 13.6. The van der Waals surface area contributed by atoms with Crippen molar-refractivity contribution in [1.82, 2.24) is 4.98 Å². The van der Waals surface area contributed by atoms with Gasteiger partial charge < -0.3 is 11.1 Å². The molecule has 2 rings (SSSR count). The second-order valence-corrected chi connectivity index (χ2v) is 6.78. The van der Waals surface area contributed by atoms with Crippen LogP contribution in [0.15, 0.2) is 30.5 Å². The summed E-state index contributed by atoms with van der Waals surface area (Å²) in [5.41, 5.74) is 8.16. The number of aromatic nitrogens is 1. The van der Waals surface area contributed by atoms with Crippen LogP contribution >= 0.6 is 0 Å². The number of hydrogen-bond acceptors (Lipinski definition) is 5. The van der Waals surface area contributed by atoms with Crippen LogP contribution < -0.4 is 11.1 Å². The fraction of sp³-hybridized carbons (Fsp3) is 0.308. The molecule has 1 heterocycles. The quantitative estimate of drug-likeness (QED) is 0.813. The predicted octanol–water partition coefficient (Wildman–Crippen LogP) is 1.66. The Morgan fingerprint density at radius 1 is 1.32 bits per heavy atom. The Hall–Kier alpha value is -1.82. The van der Waals surface area contributed by atoms with Gasteiger partial charge >= 0.3 is 0 Å². The zero-order valence-corrected chi connectivity index (χ0v) is 11.6. The number of benzene rings is 1. The van der Waals surface area contributed by atoms with E-state index in [0.29, 0.717) is 18.7 Å². The van der Waals surface area contributed by atoms with Gasteiger partial charge in [-0.3, -0.25) is 4.98 Å². The lowest BCUT2D eigenvalue weighted by molar-refractivity contribution is 0.600. The maximum atomic E-state index is 11.1. The van der Waals surface area contributed by atoms with Crippen LogP contribution in [0.1, 0.15) is 6.42 Å².